The molecule has 1 heterocycles. The SMILES string of the molecule is CCOC(=O)CCCCCN1CCc2ccc(Br)cc21. The second-order valence-corrected chi connectivity index (χ2v) is 6.04. The largest absolute Gasteiger partial charge is 0.466 e. The highest BCUT2D eigenvalue weighted by atomic mass is 79.9. The molecule has 1 aliphatic heterocycles. The van der Waals surface area contributed by atoms with Gasteiger partial charge in [-0.3, -0.25) is 4.79 Å². The van der Waals surface area contributed by atoms with Gasteiger partial charge in [0.25, 0.3) is 0 Å². The Kier molecular flexibility index (Phi) is 5.89. The highest BCUT2D eigenvalue weighted by Crippen LogP contribution is 2.31. The van der Waals surface area contributed by atoms with Crippen molar-refractivity contribution in [3.8, 4) is 0 Å². The van der Waals surface area contributed by atoms with Crippen molar-refractivity contribution in [3.05, 3.63) is 28.2 Å². The van der Waals surface area contributed by atoms with Gasteiger partial charge in [-0.25, -0.2) is 0 Å². The Balaban J connectivity index is 1.69. The summed E-state index contributed by atoms with van der Waals surface area (Å²) in [7, 11) is 0. The number of esters is 1. The second kappa shape index (κ2) is 7.67. The molecule has 0 radical (unpaired) electrons. The van der Waals surface area contributed by atoms with Crippen molar-refractivity contribution < 1.29 is 9.53 Å². The number of unbranched alkanes of at least 4 members (excludes halogenated alkanes) is 2. The third-order valence-electron chi connectivity index (χ3n) is 3.65. The Hall–Kier alpha value is -1.03. The van der Waals surface area contributed by atoms with Crippen molar-refractivity contribution >= 4 is 27.6 Å². The van der Waals surface area contributed by atoms with Gasteiger partial charge >= 0.3 is 5.97 Å². The molecule has 20 heavy (non-hydrogen) atoms. The molecule has 0 aromatic heterocycles. The van der Waals surface area contributed by atoms with Gasteiger partial charge in [0.1, 0.15) is 0 Å². The number of benzene rings is 1. The molecule has 0 N–H and O–H groups in total. The van der Waals surface area contributed by atoms with Crippen LogP contribution in [-0.4, -0.2) is 25.7 Å². The van der Waals surface area contributed by atoms with Crippen LogP contribution in [0.3, 0.4) is 0 Å². The first-order valence-corrected chi connectivity index (χ1v) is 8.19. The minimum atomic E-state index is -0.0667. The molecule has 1 aliphatic rings. The zero-order valence-corrected chi connectivity index (χ0v) is 13.6. The predicted octanol–water partition coefficient (Wildman–Crippen LogP) is 3.94. The molecule has 2 rings (SSSR count). The number of nitrogens with zero attached hydrogens (tertiary/aromatic N) is 1. The van der Waals surface area contributed by atoms with E-state index in [1.165, 1.54) is 11.3 Å². The van der Waals surface area contributed by atoms with Crippen LogP contribution in [-0.2, 0) is 16.0 Å². The van der Waals surface area contributed by atoms with E-state index in [-0.39, 0.29) is 5.97 Å². The minimum absolute atomic E-state index is 0.0667. The maximum absolute atomic E-state index is 11.2. The molecule has 0 saturated heterocycles. The van der Waals surface area contributed by atoms with E-state index in [1.54, 1.807) is 0 Å². The van der Waals surface area contributed by atoms with E-state index in [1.807, 2.05) is 6.92 Å². The first-order chi connectivity index (χ1) is 9.70. The summed E-state index contributed by atoms with van der Waals surface area (Å²) in [6.45, 7) is 4.52. The van der Waals surface area contributed by atoms with Gasteiger partial charge in [-0.1, -0.05) is 28.4 Å². The third-order valence-corrected chi connectivity index (χ3v) is 4.15. The monoisotopic (exact) mass is 339 g/mol. The van der Waals surface area contributed by atoms with Crippen LogP contribution < -0.4 is 4.90 Å². The highest BCUT2D eigenvalue weighted by Gasteiger charge is 2.18. The fourth-order valence-corrected chi connectivity index (χ4v) is 2.98. The van der Waals surface area contributed by atoms with Crippen LogP contribution in [0.4, 0.5) is 5.69 Å². The summed E-state index contributed by atoms with van der Waals surface area (Å²) < 4.78 is 6.07. The lowest BCUT2D eigenvalue weighted by Gasteiger charge is -2.19. The Morgan fingerprint density at radius 1 is 1.35 bits per heavy atom. The van der Waals surface area contributed by atoms with Crippen molar-refractivity contribution in [2.75, 3.05) is 24.6 Å². The maximum atomic E-state index is 11.2. The summed E-state index contributed by atoms with van der Waals surface area (Å²) >= 11 is 3.54. The Labute approximate surface area is 129 Å². The number of carbonyl (C=O) groups is 1. The van der Waals surface area contributed by atoms with Gasteiger partial charge in [0, 0.05) is 29.7 Å². The van der Waals surface area contributed by atoms with E-state index < -0.39 is 0 Å². The number of hydrogen-bond acceptors (Lipinski definition) is 3. The number of halogens is 1. The first-order valence-electron chi connectivity index (χ1n) is 7.39. The van der Waals surface area contributed by atoms with Crippen molar-refractivity contribution in [3.63, 3.8) is 0 Å². The number of hydrogen-bond donors (Lipinski definition) is 0. The predicted molar refractivity (Wildman–Crippen MR) is 85.2 cm³/mol. The Bertz CT molecular complexity index is 462. The maximum Gasteiger partial charge on any atom is 0.305 e. The summed E-state index contributed by atoms with van der Waals surface area (Å²) in [4.78, 5) is 13.7. The Morgan fingerprint density at radius 2 is 2.20 bits per heavy atom. The summed E-state index contributed by atoms with van der Waals surface area (Å²) in [5.41, 5.74) is 2.81. The van der Waals surface area contributed by atoms with E-state index in [0.717, 1.165) is 43.2 Å². The van der Waals surface area contributed by atoms with Gasteiger partial charge in [-0.15, -0.1) is 0 Å². The smallest absolute Gasteiger partial charge is 0.305 e. The van der Waals surface area contributed by atoms with E-state index in [4.69, 9.17) is 4.74 Å². The fourth-order valence-electron chi connectivity index (χ4n) is 2.63. The summed E-state index contributed by atoms with van der Waals surface area (Å²) in [5.74, 6) is -0.0667. The van der Waals surface area contributed by atoms with Crippen molar-refractivity contribution in [1.82, 2.24) is 0 Å². The molecule has 4 heteroatoms. The van der Waals surface area contributed by atoms with Crippen molar-refractivity contribution in [1.29, 1.82) is 0 Å². The van der Waals surface area contributed by atoms with Crippen LogP contribution in [0.15, 0.2) is 22.7 Å². The van der Waals surface area contributed by atoms with Gasteiger partial charge < -0.3 is 9.64 Å². The van der Waals surface area contributed by atoms with E-state index >= 15 is 0 Å². The molecular weight excluding hydrogens is 318 g/mol. The molecule has 3 nitrogen and oxygen atoms in total. The van der Waals surface area contributed by atoms with Gasteiger partial charge in [-0.05, 0) is 43.9 Å². The van der Waals surface area contributed by atoms with Crippen molar-refractivity contribution in [2.24, 2.45) is 0 Å². The quantitative estimate of drug-likeness (QED) is 0.556. The first kappa shape index (κ1) is 15.4. The summed E-state index contributed by atoms with van der Waals surface area (Å²) in [6.07, 6.45) is 4.84. The summed E-state index contributed by atoms with van der Waals surface area (Å²) in [6, 6.07) is 6.53. The molecule has 0 bridgehead atoms. The molecule has 0 fully saturated rings. The standard InChI is InChI=1S/C16H22BrNO2/c1-2-20-16(19)6-4-3-5-10-18-11-9-13-7-8-14(17)12-15(13)18/h7-8,12H,2-6,9-11H2,1H3. The molecule has 0 unspecified atom stereocenters. The van der Waals surface area contributed by atoms with Gasteiger partial charge in [0.15, 0.2) is 0 Å². The minimum Gasteiger partial charge on any atom is -0.466 e. The lowest BCUT2D eigenvalue weighted by molar-refractivity contribution is -0.143. The van der Waals surface area contributed by atoms with Crippen LogP contribution in [0.2, 0.25) is 0 Å². The number of fused-ring (bicyclic) bond motifs is 1. The van der Waals surface area contributed by atoms with Crippen LogP contribution in [0.5, 0.6) is 0 Å². The second-order valence-electron chi connectivity index (χ2n) is 5.13. The zero-order valence-electron chi connectivity index (χ0n) is 12.0. The number of anilines is 1. The number of ether oxygens (including phenoxy) is 1. The van der Waals surface area contributed by atoms with Crippen LogP contribution >= 0.6 is 15.9 Å². The van der Waals surface area contributed by atoms with Gasteiger partial charge in [-0.2, -0.15) is 0 Å². The molecule has 0 aliphatic carbocycles. The normalized spacial score (nSPS) is 13.4. The summed E-state index contributed by atoms with van der Waals surface area (Å²) in [5, 5.41) is 0. The van der Waals surface area contributed by atoms with Crippen molar-refractivity contribution in [2.45, 2.75) is 39.0 Å². The Morgan fingerprint density at radius 3 is 3.00 bits per heavy atom. The topological polar surface area (TPSA) is 29.5 Å². The molecule has 1 aromatic rings. The lowest BCUT2D eigenvalue weighted by Crippen LogP contribution is -2.21. The van der Waals surface area contributed by atoms with Crippen LogP contribution in [0.1, 0.15) is 38.2 Å². The average Bonchev–Trinajstić information content (AvgIpc) is 2.81. The van der Waals surface area contributed by atoms with Crippen LogP contribution in [0.25, 0.3) is 0 Å². The third kappa shape index (κ3) is 4.23. The van der Waals surface area contributed by atoms with Gasteiger partial charge in [0.2, 0.25) is 0 Å². The van der Waals surface area contributed by atoms with Crippen LogP contribution in [0, 0.1) is 0 Å². The van der Waals surface area contributed by atoms with E-state index in [2.05, 4.69) is 39.0 Å². The average molecular weight is 340 g/mol. The highest BCUT2D eigenvalue weighted by molar-refractivity contribution is 9.10. The molecule has 0 amide bonds. The molecule has 0 spiro atoms. The zero-order chi connectivity index (χ0) is 14.4. The number of rotatable bonds is 7. The molecule has 1 aromatic carbocycles. The fraction of sp³-hybridized carbons (Fsp3) is 0.562. The van der Waals surface area contributed by atoms with E-state index in [0.29, 0.717) is 13.0 Å². The van der Waals surface area contributed by atoms with E-state index in [9.17, 15) is 4.79 Å². The molecular formula is C16H22BrNO2. The molecule has 0 atom stereocenters. The molecule has 0 saturated carbocycles. The number of carbonyl (C=O) groups excluding carboxylic acids is 1. The lowest BCUT2D eigenvalue weighted by atomic mass is 10.1. The van der Waals surface area contributed by atoms with Gasteiger partial charge in [0.05, 0.1) is 6.61 Å². The molecule has 110 valence electrons.